The molecule has 28 heavy (non-hydrogen) atoms. The molecule has 9 heteroatoms. The first-order valence-corrected chi connectivity index (χ1v) is 8.55. The third-order valence-electron chi connectivity index (χ3n) is 3.92. The van der Waals surface area contributed by atoms with Crippen LogP contribution >= 0.6 is 0 Å². The van der Waals surface area contributed by atoms with Gasteiger partial charge in [-0.25, -0.2) is 0 Å². The SMILES string of the molecule is O=C(Cc1ccc(C(F)(F)F)cc1)NCCNc1ccc(-n2cccc2)nn1. The van der Waals surface area contributed by atoms with E-state index < -0.39 is 11.7 Å². The highest BCUT2D eigenvalue weighted by Gasteiger charge is 2.29. The van der Waals surface area contributed by atoms with E-state index >= 15 is 0 Å². The summed E-state index contributed by atoms with van der Waals surface area (Å²) in [7, 11) is 0. The molecular weight excluding hydrogens is 371 g/mol. The van der Waals surface area contributed by atoms with E-state index in [1.165, 1.54) is 12.1 Å². The zero-order valence-corrected chi connectivity index (χ0v) is 14.8. The third-order valence-corrected chi connectivity index (χ3v) is 3.92. The number of carbonyl (C=O) groups excluding carboxylic acids is 1. The van der Waals surface area contributed by atoms with E-state index in [0.29, 0.717) is 30.3 Å². The predicted molar refractivity (Wildman–Crippen MR) is 98.0 cm³/mol. The summed E-state index contributed by atoms with van der Waals surface area (Å²) < 4.78 is 39.4. The van der Waals surface area contributed by atoms with Crippen molar-refractivity contribution in [2.75, 3.05) is 18.4 Å². The summed E-state index contributed by atoms with van der Waals surface area (Å²) in [6, 6.07) is 11.9. The summed E-state index contributed by atoms with van der Waals surface area (Å²) >= 11 is 0. The van der Waals surface area contributed by atoms with E-state index in [4.69, 9.17) is 0 Å². The second kappa shape index (κ2) is 8.55. The van der Waals surface area contributed by atoms with Gasteiger partial charge in [-0.3, -0.25) is 4.79 Å². The average Bonchev–Trinajstić information content (AvgIpc) is 3.20. The first-order valence-electron chi connectivity index (χ1n) is 8.55. The van der Waals surface area contributed by atoms with Gasteiger partial charge in [-0.15, -0.1) is 10.2 Å². The van der Waals surface area contributed by atoms with Crippen LogP contribution < -0.4 is 10.6 Å². The lowest BCUT2D eigenvalue weighted by atomic mass is 10.1. The normalized spacial score (nSPS) is 11.2. The van der Waals surface area contributed by atoms with Crippen LogP contribution in [0.25, 0.3) is 5.82 Å². The lowest BCUT2D eigenvalue weighted by Gasteiger charge is -2.09. The maximum absolute atomic E-state index is 12.5. The van der Waals surface area contributed by atoms with Crippen molar-refractivity contribution in [3.63, 3.8) is 0 Å². The topological polar surface area (TPSA) is 71.8 Å². The molecule has 0 radical (unpaired) electrons. The van der Waals surface area contributed by atoms with Crippen LogP contribution in [0.3, 0.4) is 0 Å². The fourth-order valence-corrected chi connectivity index (χ4v) is 2.50. The summed E-state index contributed by atoms with van der Waals surface area (Å²) in [5, 5.41) is 13.9. The van der Waals surface area contributed by atoms with Gasteiger partial charge in [0.05, 0.1) is 12.0 Å². The summed E-state index contributed by atoms with van der Waals surface area (Å²) in [5.41, 5.74) is -0.213. The molecule has 2 N–H and O–H groups in total. The lowest BCUT2D eigenvalue weighted by molar-refractivity contribution is -0.137. The Balaban J connectivity index is 1.39. The third kappa shape index (κ3) is 5.32. The first-order chi connectivity index (χ1) is 13.4. The monoisotopic (exact) mass is 389 g/mol. The number of halogens is 3. The van der Waals surface area contributed by atoms with Crippen LogP contribution in [0.15, 0.2) is 60.9 Å². The highest BCUT2D eigenvalue weighted by atomic mass is 19.4. The average molecular weight is 389 g/mol. The van der Waals surface area contributed by atoms with Crippen LogP contribution in [0.4, 0.5) is 19.0 Å². The van der Waals surface area contributed by atoms with Crippen molar-refractivity contribution >= 4 is 11.7 Å². The number of nitrogens with zero attached hydrogens (tertiary/aromatic N) is 3. The number of benzene rings is 1. The molecule has 1 amide bonds. The minimum Gasteiger partial charge on any atom is -0.367 e. The van der Waals surface area contributed by atoms with Gasteiger partial charge in [-0.2, -0.15) is 13.2 Å². The number of carbonyl (C=O) groups is 1. The van der Waals surface area contributed by atoms with Gasteiger partial charge in [0.1, 0.15) is 5.82 Å². The summed E-state index contributed by atoms with van der Waals surface area (Å²) in [6.07, 6.45) is -0.633. The van der Waals surface area contributed by atoms with Crippen LogP contribution in [0.2, 0.25) is 0 Å². The Morgan fingerprint density at radius 3 is 2.29 bits per heavy atom. The zero-order chi connectivity index (χ0) is 20.0. The molecule has 0 aliphatic heterocycles. The number of anilines is 1. The maximum Gasteiger partial charge on any atom is 0.416 e. The number of aromatic nitrogens is 3. The van der Waals surface area contributed by atoms with Crippen molar-refractivity contribution in [3.05, 3.63) is 72.1 Å². The van der Waals surface area contributed by atoms with Gasteiger partial charge in [0, 0.05) is 25.5 Å². The quantitative estimate of drug-likeness (QED) is 0.610. The summed E-state index contributed by atoms with van der Waals surface area (Å²) in [4.78, 5) is 11.9. The number of nitrogens with one attached hydrogen (secondary N) is 2. The molecule has 3 rings (SSSR count). The van der Waals surface area contributed by atoms with E-state index in [9.17, 15) is 18.0 Å². The van der Waals surface area contributed by atoms with Gasteiger partial charge in [0.15, 0.2) is 5.82 Å². The Hall–Kier alpha value is -3.36. The Bertz CT molecular complexity index is 891. The van der Waals surface area contributed by atoms with Crippen molar-refractivity contribution < 1.29 is 18.0 Å². The van der Waals surface area contributed by atoms with E-state index in [-0.39, 0.29) is 12.3 Å². The molecule has 2 aromatic heterocycles. The molecule has 0 bridgehead atoms. The van der Waals surface area contributed by atoms with Crippen LogP contribution in [0.1, 0.15) is 11.1 Å². The molecule has 0 aliphatic carbocycles. The Labute approximate surface area is 159 Å². The van der Waals surface area contributed by atoms with Crippen molar-refractivity contribution in [1.82, 2.24) is 20.1 Å². The Morgan fingerprint density at radius 1 is 0.964 bits per heavy atom. The van der Waals surface area contributed by atoms with Gasteiger partial charge in [0.2, 0.25) is 5.91 Å². The second-order valence-corrected chi connectivity index (χ2v) is 6.02. The molecule has 0 fully saturated rings. The first kappa shape index (κ1) is 19.4. The van der Waals surface area contributed by atoms with Crippen LogP contribution in [-0.4, -0.2) is 33.8 Å². The van der Waals surface area contributed by atoms with Gasteiger partial charge < -0.3 is 15.2 Å². The second-order valence-electron chi connectivity index (χ2n) is 6.02. The smallest absolute Gasteiger partial charge is 0.367 e. The molecule has 0 saturated carbocycles. The molecule has 0 unspecified atom stereocenters. The molecule has 0 saturated heterocycles. The molecule has 3 aromatic rings. The number of hydrogen-bond donors (Lipinski definition) is 2. The highest BCUT2D eigenvalue weighted by molar-refractivity contribution is 5.78. The maximum atomic E-state index is 12.5. The number of amides is 1. The molecular formula is C19H18F3N5O. The van der Waals surface area contributed by atoms with E-state index in [1.54, 1.807) is 6.07 Å². The van der Waals surface area contributed by atoms with Crippen LogP contribution in [-0.2, 0) is 17.4 Å². The fourth-order valence-electron chi connectivity index (χ4n) is 2.50. The molecule has 0 atom stereocenters. The van der Waals surface area contributed by atoms with Gasteiger partial charge >= 0.3 is 6.18 Å². The molecule has 0 aliphatic rings. The number of rotatable bonds is 7. The molecule has 146 valence electrons. The standard InChI is InChI=1S/C19H18F3N5O/c20-19(21,22)15-5-3-14(4-6-15)13-18(28)24-10-9-23-16-7-8-17(26-25-16)27-11-1-2-12-27/h1-8,11-12H,9-10,13H2,(H,23,25)(H,24,28). The van der Waals surface area contributed by atoms with Gasteiger partial charge in [0.25, 0.3) is 0 Å². The minimum atomic E-state index is -4.38. The van der Waals surface area contributed by atoms with Crippen LogP contribution in [0, 0.1) is 0 Å². The highest BCUT2D eigenvalue weighted by Crippen LogP contribution is 2.29. The van der Waals surface area contributed by atoms with Gasteiger partial charge in [-0.05, 0) is 42.0 Å². The van der Waals surface area contributed by atoms with Crippen molar-refractivity contribution in [2.24, 2.45) is 0 Å². The van der Waals surface area contributed by atoms with Crippen molar-refractivity contribution in [1.29, 1.82) is 0 Å². The predicted octanol–water partition coefficient (Wildman–Crippen LogP) is 3.06. The van der Waals surface area contributed by atoms with Crippen LogP contribution in [0.5, 0.6) is 0 Å². The van der Waals surface area contributed by atoms with Crippen molar-refractivity contribution in [2.45, 2.75) is 12.6 Å². The number of alkyl halides is 3. The minimum absolute atomic E-state index is 0.0174. The van der Waals surface area contributed by atoms with Gasteiger partial charge in [-0.1, -0.05) is 12.1 Å². The number of hydrogen-bond acceptors (Lipinski definition) is 4. The van der Waals surface area contributed by atoms with E-state index in [2.05, 4.69) is 20.8 Å². The van der Waals surface area contributed by atoms with Crippen molar-refractivity contribution in [3.8, 4) is 5.82 Å². The van der Waals surface area contributed by atoms with E-state index in [0.717, 1.165) is 12.1 Å². The fraction of sp³-hybridized carbons (Fsp3) is 0.211. The Kier molecular flexibility index (Phi) is 5.93. The Morgan fingerprint density at radius 2 is 1.68 bits per heavy atom. The molecule has 0 spiro atoms. The summed E-state index contributed by atoms with van der Waals surface area (Å²) in [5.74, 6) is 1.00. The zero-order valence-electron chi connectivity index (χ0n) is 14.8. The van der Waals surface area contributed by atoms with E-state index in [1.807, 2.05) is 35.2 Å². The summed E-state index contributed by atoms with van der Waals surface area (Å²) in [6.45, 7) is 0.788. The molecule has 2 heterocycles. The lowest BCUT2D eigenvalue weighted by Crippen LogP contribution is -2.30. The largest absolute Gasteiger partial charge is 0.416 e. The molecule has 6 nitrogen and oxygen atoms in total. The molecule has 1 aromatic carbocycles.